The molecule has 0 fully saturated rings. The Hall–Kier alpha value is -2.06. The summed E-state index contributed by atoms with van der Waals surface area (Å²) in [4.78, 5) is 10.8. The maximum atomic E-state index is 10.8. The Bertz CT molecular complexity index is 633. The van der Waals surface area contributed by atoms with Crippen LogP contribution in [-0.2, 0) is 9.53 Å². The van der Waals surface area contributed by atoms with Gasteiger partial charge in [-0.1, -0.05) is 60.1 Å². The molecule has 0 aliphatic carbocycles. The van der Waals surface area contributed by atoms with Crippen LogP contribution in [0.3, 0.4) is 0 Å². The normalized spacial score (nSPS) is 11.2. The number of esters is 1. The van der Waals surface area contributed by atoms with Gasteiger partial charge in [0.05, 0.1) is 6.61 Å². The number of halogens is 1. The van der Waals surface area contributed by atoms with Gasteiger partial charge in [-0.15, -0.1) is 0 Å². The summed E-state index contributed by atoms with van der Waals surface area (Å²) in [6, 6.07) is 17.8. The lowest BCUT2D eigenvalue weighted by molar-refractivity contribution is -0.140. The molecule has 0 spiro atoms. The third-order valence-electron chi connectivity index (χ3n) is 2.99. The van der Waals surface area contributed by atoms with Gasteiger partial charge in [-0.25, -0.2) is 0 Å². The fourth-order valence-corrected chi connectivity index (χ4v) is 2.27. The van der Waals surface area contributed by atoms with Gasteiger partial charge >= 0.3 is 5.97 Å². The predicted octanol–water partition coefficient (Wildman–Crippen LogP) is 4.72. The minimum absolute atomic E-state index is 0.257. The summed E-state index contributed by atoms with van der Waals surface area (Å²) < 4.78 is 4.98. The van der Waals surface area contributed by atoms with Gasteiger partial charge in [0.25, 0.3) is 0 Å². The van der Waals surface area contributed by atoms with Crippen molar-refractivity contribution in [3.8, 4) is 0 Å². The Morgan fingerprint density at radius 2 is 1.81 bits per heavy atom. The Morgan fingerprint density at radius 3 is 2.48 bits per heavy atom. The van der Waals surface area contributed by atoms with Crippen molar-refractivity contribution in [2.24, 2.45) is 0 Å². The lowest BCUT2D eigenvalue weighted by Crippen LogP contribution is -1.99. The largest absolute Gasteiger partial charge is 0.466 e. The summed E-state index contributed by atoms with van der Waals surface area (Å²) in [6.45, 7) is 1.80. The molecule has 3 heteroatoms. The molecule has 21 heavy (non-hydrogen) atoms. The lowest BCUT2D eigenvalue weighted by Gasteiger charge is -2.09. The van der Waals surface area contributed by atoms with E-state index in [4.69, 9.17) is 16.3 Å². The molecular weight excluding hydrogens is 284 g/mol. The molecule has 0 aliphatic rings. The number of ether oxygens (including phenoxy) is 1. The Morgan fingerprint density at radius 1 is 1.10 bits per heavy atom. The monoisotopic (exact) mass is 300 g/mol. The maximum Gasteiger partial charge on any atom is 0.302 e. The Kier molecular flexibility index (Phi) is 5.59. The van der Waals surface area contributed by atoms with Gasteiger partial charge in [0, 0.05) is 18.4 Å². The van der Waals surface area contributed by atoms with E-state index in [1.165, 1.54) is 6.92 Å². The minimum Gasteiger partial charge on any atom is -0.466 e. The zero-order chi connectivity index (χ0) is 15.1. The zero-order valence-corrected chi connectivity index (χ0v) is 12.6. The summed E-state index contributed by atoms with van der Waals surface area (Å²) >= 11 is 6.08. The third kappa shape index (κ3) is 4.76. The average molecular weight is 301 g/mol. The van der Waals surface area contributed by atoms with E-state index in [0.29, 0.717) is 18.1 Å². The van der Waals surface area contributed by atoms with Crippen LogP contribution in [0.15, 0.2) is 60.7 Å². The van der Waals surface area contributed by atoms with Crippen molar-refractivity contribution in [3.05, 3.63) is 76.8 Å². The number of carbonyl (C=O) groups excluding carboxylic acids is 1. The molecule has 0 heterocycles. The first-order valence-corrected chi connectivity index (χ1v) is 7.19. The second kappa shape index (κ2) is 7.65. The summed E-state index contributed by atoms with van der Waals surface area (Å²) in [7, 11) is 0. The third-order valence-corrected chi connectivity index (χ3v) is 3.23. The SMILES string of the molecule is CC(=O)OCC/C=C(\c1ccccc1)c1cccc(Cl)c1. The molecule has 0 aliphatic heterocycles. The molecule has 0 amide bonds. The van der Waals surface area contributed by atoms with Crippen molar-refractivity contribution in [3.63, 3.8) is 0 Å². The highest BCUT2D eigenvalue weighted by Gasteiger charge is 2.05. The average Bonchev–Trinajstić information content (AvgIpc) is 2.48. The summed E-state index contributed by atoms with van der Waals surface area (Å²) in [6.07, 6.45) is 2.74. The van der Waals surface area contributed by atoms with Crippen LogP contribution in [0.5, 0.6) is 0 Å². The number of benzene rings is 2. The van der Waals surface area contributed by atoms with Crippen LogP contribution in [0.1, 0.15) is 24.5 Å². The van der Waals surface area contributed by atoms with E-state index in [9.17, 15) is 4.79 Å². The molecule has 2 aromatic carbocycles. The van der Waals surface area contributed by atoms with Crippen LogP contribution in [0.25, 0.3) is 5.57 Å². The van der Waals surface area contributed by atoms with Crippen LogP contribution in [0.4, 0.5) is 0 Å². The number of rotatable bonds is 5. The van der Waals surface area contributed by atoms with E-state index in [2.05, 4.69) is 18.2 Å². The standard InChI is InChI=1S/C18H17ClO2/c1-14(20)21-12-6-11-18(15-7-3-2-4-8-15)16-9-5-10-17(19)13-16/h2-5,7-11,13H,6,12H2,1H3/b18-11+. The van der Waals surface area contributed by atoms with Crippen LogP contribution in [0.2, 0.25) is 5.02 Å². The van der Waals surface area contributed by atoms with Crippen molar-refractivity contribution < 1.29 is 9.53 Å². The highest BCUT2D eigenvalue weighted by Crippen LogP contribution is 2.26. The van der Waals surface area contributed by atoms with Crippen LogP contribution in [-0.4, -0.2) is 12.6 Å². The van der Waals surface area contributed by atoms with Crippen LogP contribution >= 0.6 is 11.6 Å². The molecule has 0 radical (unpaired) electrons. The van der Waals surface area contributed by atoms with Crippen molar-refractivity contribution in [2.75, 3.05) is 6.61 Å². The van der Waals surface area contributed by atoms with E-state index in [-0.39, 0.29) is 5.97 Å². The number of carbonyl (C=O) groups is 1. The van der Waals surface area contributed by atoms with E-state index in [0.717, 1.165) is 16.7 Å². The molecule has 0 unspecified atom stereocenters. The Balaban J connectivity index is 2.27. The summed E-state index contributed by atoms with van der Waals surface area (Å²) in [5.74, 6) is -0.257. The van der Waals surface area contributed by atoms with Crippen molar-refractivity contribution in [2.45, 2.75) is 13.3 Å². The van der Waals surface area contributed by atoms with Gasteiger partial charge in [-0.2, -0.15) is 0 Å². The van der Waals surface area contributed by atoms with Crippen LogP contribution < -0.4 is 0 Å². The minimum atomic E-state index is -0.257. The molecule has 0 saturated carbocycles. The summed E-state index contributed by atoms with van der Waals surface area (Å²) in [5, 5.41) is 0.703. The van der Waals surface area contributed by atoms with E-state index in [1.807, 2.05) is 42.5 Å². The lowest BCUT2D eigenvalue weighted by atomic mass is 9.97. The molecular formula is C18H17ClO2. The van der Waals surface area contributed by atoms with Gasteiger partial charge in [0.15, 0.2) is 0 Å². The topological polar surface area (TPSA) is 26.3 Å². The first-order chi connectivity index (χ1) is 10.2. The molecule has 2 aromatic rings. The van der Waals surface area contributed by atoms with Crippen molar-refractivity contribution >= 4 is 23.1 Å². The first kappa shape index (κ1) is 15.3. The number of hydrogen-bond donors (Lipinski definition) is 0. The molecule has 0 bridgehead atoms. The second-order valence-corrected chi connectivity index (χ2v) is 5.06. The fourth-order valence-electron chi connectivity index (χ4n) is 2.08. The van der Waals surface area contributed by atoms with Crippen molar-refractivity contribution in [1.29, 1.82) is 0 Å². The fraction of sp³-hybridized carbons (Fsp3) is 0.167. The number of hydrogen-bond acceptors (Lipinski definition) is 2. The molecule has 108 valence electrons. The van der Waals surface area contributed by atoms with E-state index >= 15 is 0 Å². The van der Waals surface area contributed by atoms with E-state index in [1.54, 1.807) is 0 Å². The molecule has 0 atom stereocenters. The predicted molar refractivity (Wildman–Crippen MR) is 86.2 cm³/mol. The van der Waals surface area contributed by atoms with Gasteiger partial charge in [0.1, 0.15) is 0 Å². The molecule has 0 aromatic heterocycles. The Labute approximate surface area is 130 Å². The van der Waals surface area contributed by atoms with E-state index < -0.39 is 0 Å². The van der Waals surface area contributed by atoms with Crippen LogP contribution in [0, 0.1) is 0 Å². The van der Waals surface area contributed by atoms with Crippen molar-refractivity contribution in [1.82, 2.24) is 0 Å². The highest BCUT2D eigenvalue weighted by molar-refractivity contribution is 6.30. The van der Waals surface area contributed by atoms with Gasteiger partial charge in [-0.05, 0) is 28.8 Å². The molecule has 2 nitrogen and oxygen atoms in total. The quantitative estimate of drug-likeness (QED) is 0.589. The van der Waals surface area contributed by atoms with Gasteiger partial charge in [-0.3, -0.25) is 4.79 Å². The molecule has 2 rings (SSSR count). The summed E-state index contributed by atoms with van der Waals surface area (Å²) in [5.41, 5.74) is 3.25. The van der Waals surface area contributed by atoms with Gasteiger partial charge < -0.3 is 4.74 Å². The highest BCUT2D eigenvalue weighted by atomic mass is 35.5. The smallest absolute Gasteiger partial charge is 0.302 e. The molecule has 0 N–H and O–H groups in total. The second-order valence-electron chi connectivity index (χ2n) is 4.62. The maximum absolute atomic E-state index is 10.8. The first-order valence-electron chi connectivity index (χ1n) is 6.81. The molecule has 0 saturated heterocycles. The van der Waals surface area contributed by atoms with Gasteiger partial charge in [0.2, 0.25) is 0 Å². The zero-order valence-electron chi connectivity index (χ0n) is 11.9.